The number of aliphatic hydroxyl groups is 2. The SMILES string of the molecule is CCCCCC/C=C\C/C=C\CCCCCCCC(=O)OCCCCCCCCCCCCCC/C=C\CCCCCCCCCCCCCCCCCC(=O)NC(CO)C(O)/C=C/CCCCCCCCCCCCCC. The number of hydrogen-bond donors (Lipinski definition) is 3. The maximum absolute atomic E-state index is 12.5. The van der Waals surface area contributed by atoms with Gasteiger partial charge in [0.05, 0.1) is 25.4 Å². The summed E-state index contributed by atoms with van der Waals surface area (Å²) in [6.07, 6.45) is 87.6. The van der Waals surface area contributed by atoms with Crippen LogP contribution in [0.5, 0.6) is 0 Å². The van der Waals surface area contributed by atoms with Crippen molar-refractivity contribution >= 4 is 11.9 Å². The molecule has 0 aromatic carbocycles. The molecular formula is C72H135NO5. The van der Waals surface area contributed by atoms with Gasteiger partial charge in [0.25, 0.3) is 0 Å². The lowest BCUT2D eigenvalue weighted by atomic mass is 10.0. The number of carbonyl (C=O) groups is 2. The Labute approximate surface area is 486 Å². The van der Waals surface area contributed by atoms with Gasteiger partial charge in [-0.1, -0.05) is 319 Å². The number of unbranched alkanes of at least 4 members (excludes halogenated alkanes) is 48. The highest BCUT2D eigenvalue weighted by molar-refractivity contribution is 5.76. The molecule has 0 aliphatic carbocycles. The van der Waals surface area contributed by atoms with Gasteiger partial charge in [-0.15, -0.1) is 0 Å². The molecule has 6 nitrogen and oxygen atoms in total. The van der Waals surface area contributed by atoms with Crippen LogP contribution in [0.25, 0.3) is 0 Å². The number of ether oxygens (including phenoxy) is 1. The molecule has 0 saturated carbocycles. The van der Waals surface area contributed by atoms with E-state index in [1.807, 2.05) is 6.08 Å². The van der Waals surface area contributed by atoms with Crippen LogP contribution in [-0.2, 0) is 14.3 Å². The molecule has 0 rings (SSSR count). The van der Waals surface area contributed by atoms with Gasteiger partial charge in [0.2, 0.25) is 5.91 Å². The van der Waals surface area contributed by atoms with Gasteiger partial charge in [-0.2, -0.15) is 0 Å². The standard InChI is InChI=1S/C72H135NO5/c1-3-5-7-9-11-13-15-17-19-38-42-46-50-54-58-62-66-72(77)78-67-63-59-55-51-47-43-39-36-34-32-30-28-26-24-22-20-21-23-25-27-29-31-33-35-37-41-45-49-53-57-61-65-71(76)73-69(68-74)70(75)64-60-56-52-48-44-40-18-16-14-12-10-8-6-4-2/h13,15,19,22,24,38,60,64,69-70,74-75H,3-12,14,16-18,20-21,23,25-37,39-59,61-63,65-68H2,1-2H3,(H,73,76)/b15-13-,24-22-,38-19-,64-60+. The fourth-order valence-corrected chi connectivity index (χ4v) is 10.7. The molecular weight excluding hydrogens is 959 g/mol. The van der Waals surface area contributed by atoms with E-state index in [4.69, 9.17) is 4.74 Å². The van der Waals surface area contributed by atoms with Gasteiger partial charge in [-0.05, 0) is 89.9 Å². The highest BCUT2D eigenvalue weighted by atomic mass is 16.5. The molecule has 0 saturated heterocycles. The Bertz CT molecular complexity index is 1310. The van der Waals surface area contributed by atoms with Gasteiger partial charge in [-0.3, -0.25) is 9.59 Å². The Balaban J connectivity index is 3.37. The number of amides is 1. The van der Waals surface area contributed by atoms with Crippen LogP contribution in [-0.4, -0.2) is 47.4 Å². The van der Waals surface area contributed by atoms with Crippen molar-refractivity contribution in [1.29, 1.82) is 0 Å². The lowest BCUT2D eigenvalue weighted by molar-refractivity contribution is -0.143. The zero-order valence-corrected chi connectivity index (χ0v) is 52.4. The van der Waals surface area contributed by atoms with Crippen LogP contribution in [0.4, 0.5) is 0 Å². The fraction of sp³-hybridized carbons (Fsp3) is 0.861. The van der Waals surface area contributed by atoms with Crippen LogP contribution in [0.2, 0.25) is 0 Å². The molecule has 0 aromatic rings. The molecule has 2 atom stereocenters. The molecule has 0 aliphatic rings. The summed E-state index contributed by atoms with van der Waals surface area (Å²) in [6, 6.07) is -0.626. The van der Waals surface area contributed by atoms with E-state index in [2.05, 4.69) is 55.6 Å². The Hall–Kier alpha value is -2.18. The van der Waals surface area contributed by atoms with Crippen molar-refractivity contribution in [3.05, 3.63) is 48.6 Å². The van der Waals surface area contributed by atoms with Crippen molar-refractivity contribution in [2.45, 2.75) is 386 Å². The normalized spacial score (nSPS) is 12.8. The van der Waals surface area contributed by atoms with Gasteiger partial charge >= 0.3 is 5.97 Å². The number of allylic oxidation sites excluding steroid dienone is 7. The first-order valence-corrected chi connectivity index (χ1v) is 34.9. The smallest absolute Gasteiger partial charge is 0.305 e. The molecule has 458 valence electrons. The van der Waals surface area contributed by atoms with Gasteiger partial charge in [0.1, 0.15) is 0 Å². The third-order valence-corrected chi connectivity index (χ3v) is 16.1. The fourth-order valence-electron chi connectivity index (χ4n) is 10.7. The summed E-state index contributed by atoms with van der Waals surface area (Å²) in [5, 5.41) is 23.1. The highest BCUT2D eigenvalue weighted by Crippen LogP contribution is 2.18. The van der Waals surface area contributed by atoms with Crippen molar-refractivity contribution in [3.63, 3.8) is 0 Å². The van der Waals surface area contributed by atoms with E-state index in [0.29, 0.717) is 19.4 Å². The molecule has 0 heterocycles. The topological polar surface area (TPSA) is 95.9 Å². The molecule has 2 unspecified atom stereocenters. The molecule has 0 spiro atoms. The van der Waals surface area contributed by atoms with Crippen LogP contribution in [0.3, 0.4) is 0 Å². The van der Waals surface area contributed by atoms with Crippen molar-refractivity contribution in [2.75, 3.05) is 13.2 Å². The maximum Gasteiger partial charge on any atom is 0.305 e. The van der Waals surface area contributed by atoms with Crippen molar-refractivity contribution < 1.29 is 24.5 Å². The minimum atomic E-state index is -0.843. The van der Waals surface area contributed by atoms with E-state index in [1.54, 1.807) is 6.08 Å². The van der Waals surface area contributed by atoms with Crippen LogP contribution < -0.4 is 5.32 Å². The first-order chi connectivity index (χ1) is 38.5. The quantitative estimate of drug-likeness (QED) is 0.0320. The molecule has 78 heavy (non-hydrogen) atoms. The summed E-state index contributed by atoms with van der Waals surface area (Å²) >= 11 is 0. The lowest BCUT2D eigenvalue weighted by Gasteiger charge is -2.20. The van der Waals surface area contributed by atoms with Gasteiger partial charge < -0.3 is 20.3 Å². The third-order valence-electron chi connectivity index (χ3n) is 16.1. The zero-order chi connectivity index (χ0) is 56.4. The summed E-state index contributed by atoms with van der Waals surface area (Å²) in [6.45, 7) is 4.90. The predicted octanol–water partition coefficient (Wildman–Crippen LogP) is 22.5. The average Bonchev–Trinajstić information content (AvgIpc) is 3.44. The zero-order valence-electron chi connectivity index (χ0n) is 52.4. The van der Waals surface area contributed by atoms with Crippen LogP contribution in [0.1, 0.15) is 373 Å². The molecule has 6 heteroatoms. The average molecular weight is 1090 g/mol. The van der Waals surface area contributed by atoms with Gasteiger partial charge in [-0.25, -0.2) is 0 Å². The van der Waals surface area contributed by atoms with E-state index in [9.17, 15) is 19.8 Å². The molecule has 0 radical (unpaired) electrons. The van der Waals surface area contributed by atoms with E-state index in [1.165, 1.54) is 295 Å². The molecule has 3 N–H and O–H groups in total. The second-order valence-electron chi connectivity index (χ2n) is 23.9. The minimum Gasteiger partial charge on any atom is -0.466 e. The molecule has 0 aromatic heterocycles. The van der Waals surface area contributed by atoms with E-state index >= 15 is 0 Å². The van der Waals surface area contributed by atoms with E-state index in [0.717, 1.165) is 51.4 Å². The van der Waals surface area contributed by atoms with E-state index < -0.39 is 12.1 Å². The van der Waals surface area contributed by atoms with Crippen LogP contribution in [0.15, 0.2) is 48.6 Å². The van der Waals surface area contributed by atoms with Crippen molar-refractivity contribution in [3.8, 4) is 0 Å². The first kappa shape index (κ1) is 75.8. The number of rotatable bonds is 65. The van der Waals surface area contributed by atoms with Crippen LogP contribution in [0, 0.1) is 0 Å². The second-order valence-corrected chi connectivity index (χ2v) is 23.9. The second kappa shape index (κ2) is 67.3. The summed E-state index contributed by atoms with van der Waals surface area (Å²) in [7, 11) is 0. The Morgan fingerprint density at radius 2 is 0.641 bits per heavy atom. The van der Waals surface area contributed by atoms with Gasteiger partial charge in [0.15, 0.2) is 0 Å². The monoisotopic (exact) mass is 1090 g/mol. The highest BCUT2D eigenvalue weighted by Gasteiger charge is 2.18. The summed E-state index contributed by atoms with van der Waals surface area (Å²) < 4.78 is 5.49. The summed E-state index contributed by atoms with van der Waals surface area (Å²) in [4.78, 5) is 24.5. The van der Waals surface area contributed by atoms with Crippen LogP contribution >= 0.6 is 0 Å². The van der Waals surface area contributed by atoms with Crippen molar-refractivity contribution in [1.82, 2.24) is 5.32 Å². The molecule has 0 aliphatic heterocycles. The Kier molecular flexibility index (Phi) is 65.4. The third kappa shape index (κ3) is 63.0. The Morgan fingerprint density at radius 3 is 1.00 bits per heavy atom. The van der Waals surface area contributed by atoms with Crippen molar-refractivity contribution in [2.24, 2.45) is 0 Å². The number of nitrogens with one attached hydrogen (secondary N) is 1. The van der Waals surface area contributed by atoms with E-state index in [-0.39, 0.29) is 18.5 Å². The summed E-state index contributed by atoms with van der Waals surface area (Å²) in [5.74, 6) is -0.0609. The number of aliphatic hydroxyl groups excluding tert-OH is 2. The number of esters is 1. The van der Waals surface area contributed by atoms with Gasteiger partial charge in [0, 0.05) is 12.8 Å². The maximum atomic E-state index is 12.5. The Morgan fingerprint density at radius 1 is 0.359 bits per heavy atom. The minimum absolute atomic E-state index is 0.00389. The predicted molar refractivity (Wildman–Crippen MR) is 342 cm³/mol. The number of carbonyl (C=O) groups excluding carboxylic acids is 2. The largest absolute Gasteiger partial charge is 0.466 e. The number of hydrogen-bond acceptors (Lipinski definition) is 5. The lowest BCUT2D eigenvalue weighted by Crippen LogP contribution is -2.45. The molecule has 0 bridgehead atoms. The summed E-state index contributed by atoms with van der Waals surface area (Å²) in [5.41, 5.74) is 0. The first-order valence-electron chi connectivity index (χ1n) is 34.9. The molecule has 1 amide bonds. The molecule has 0 fully saturated rings.